The van der Waals surface area contributed by atoms with Crippen molar-refractivity contribution >= 4 is 29.0 Å². The molecule has 0 unspecified atom stereocenters. The molecule has 0 aliphatic heterocycles. The molecule has 0 radical (unpaired) electrons. The summed E-state index contributed by atoms with van der Waals surface area (Å²) in [6.45, 7) is 0.645. The number of anilines is 2. The van der Waals surface area contributed by atoms with Crippen molar-refractivity contribution in [2.45, 2.75) is 6.54 Å². The molecule has 2 aromatic carbocycles. The average molecular weight is 371 g/mol. The van der Waals surface area contributed by atoms with E-state index in [1.807, 2.05) is 42.3 Å². The van der Waals surface area contributed by atoms with Gasteiger partial charge in [-0.3, -0.25) is 4.79 Å². The van der Waals surface area contributed by atoms with Crippen molar-refractivity contribution in [2.24, 2.45) is 0 Å². The fourth-order valence-electron chi connectivity index (χ4n) is 2.39. The zero-order chi connectivity index (χ0) is 18.5. The van der Waals surface area contributed by atoms with Crippen molar-refractivity contribution in [3.8, 4) is 0 Å². The number of amides is 1. The van der Waals surface area contributed by atoms with Gasteiger partial charge in [0.25, 0.3) is 5.91 Å². The molecule has 0 atom stereocenters. The molecule has 0 saturated heterocycles. The summed E-state index contributed by atoms with van der Waals surface area (Å²) in [7, 11) is 1.89. The minimum Gasteiger partial charge on any atom is -0.355 e. The standard InChI is InChI=1S/C19H16ClFN4O/c1-25(11-13-5-3-2-4-6-13)18-10-17(22-12-23-18)19(26)24-14-7-8-16(21)15(20)9-14/h2-10,12H,11H2,1H3,(H,24,26). The molecule has 0 spiro atoms. The summed E-state index contributed by atoms with van der Waals surface area (Å²) in [5.74, 6) is -0.355. The van der Waals surface area contributed by atoms with Gasteiger partial charge in [-0.2, -0.15) is 0 Å². The second-order valence-electron chi connectivity index (χ2n) is 5.69. The summed E-state index contributed by atoms with van der Waals surface area (Å²) >= 11 is 5.73. The lowest BCUT2D eigenvalue weighted by Crippen LogP contribution is -2.20. The van der Waals surface area contributed by atoms with Gasteiger partial charge >= 0.3 is 0 Å². The number of hydrogen-bond donors (Lipinski definition) is 1. The topological polar surface area (TPSA) is 58.1 Å². The molecule has 0 fully saturated rings. The number of halogens is 2. The highest BCUT2D eigenvalue weighted by molar-refractivity contribution is 6.31. The van der Waals surface area contributed by atoms with Crippen LogP contribution in [0.25, 0.3) is 0 Å². The first kappa shape index (κ1) is 17.8. The maximum Gasteiger partial charge on any atom is 0.274 e. The van der Waals surface area contributed by atoms with E-state index in [1.54, 1.807) is 6.07 Å². The summed E-state index contributed by atoms with van der Waals surface area (Å²) in [6, 6.07) is 15.5. The number of nitrogens with one attached hydrogen (secondary N) is 1. The highest BCUT2D eigenvalue weighted by Crippen LogP contribution is 2.20. The highest BCUT2D eigenvalue weighted by Gasteiger charge is 2.12. The lowest BCUT2D eigenvalue weighted by atomic mass is 10.2. The Labute approximate surface area is 155 Å². The van der Waals surface area contributed by atoms with E-state index in [4.69, 9.17) is 11.6 Å². The minimum absolute atomic E-state index is 0.0613. The van der Waals surface area contributed by atoms with Gasteiger partial charge < -0.3 is 10.2 Å². The normalized spacial score (nSPS) is 10.4. The number of carbonyl (C=O) groups is 1. The molecule has 3 rings (SSSR count). The fourth-order valence-corrected chi connectivity index (χ4v) is 2.57. The zero-order valence-electron chi connectivity index (χ0n) is 14.0. The van der Waals surface area contributed by atoms with E-state index >= 15 is 0 Å². The second-order valence-corrected chi connectivity index (χ2v) is 6.09. The van der Waals surface area contributed by atoms with E-state index in [9.17, 15) is 9.18 Å². The van der Waals surface area contributed by atoms with Crippen LogP contribution in [-0.2, 0) is 6.54 Å². The minimum atomic E-state index is -0.545. The third-order valence-corrected chi connectivity index (χ3v) is 4.01. The van der Waals surface area contributed by atoms with E-state index < -0.39 is 11.7 Å². The molecule has 1 heterocycles. The summed E-state index contributed by atoms with van der Waals surface area (Å²) < 4.78 is 13.2. The summed E-state index contributed by atoms with van der Waals surface area (Å²) in [6.07, 6.45) is 1.34. The Morgan fingerprint density at radius 1 is 1.15 bits per heavy atom. The van der Waals surface area contributed by atoms with Crippen LogP contribution in [0.5, 0.6) is 0 Å². The van der Waals surface area contributed by atoms with Crippen LogP contribution in [-0.4, -0.2) is 22.9 Å². The lowest BCUT2D eigenvalue weighted by molar-refractivity contribution is 0.102. The Morgan fingerprint density at radius 2 is 1.92 bits per heavy atom. The van der Waals surface area contributed by atoms with E-state index in [1.165, 1.54) is 24.5 Å². The van der Waals surface area contributed by atoms with Gasteiger partial charge in [-0.25, -0.2) is 14.4 Å². The molecule has 7 heteroatoms. The number of rotatable bonds is 5. The van der Waals surface area contributed by atoms with Crippen molar-refractivity contribution < 1.29 is 9.18 Å². The van der Waals surface area contributed by atoms with E-state index in [0.717, 1.165) is 5.56 Å². The third kappa shape index (κ3) is 4.34. The van der Waals surface area contributed by atoms with Gasteiger partial charge in [0, 0.05) is 25.3 Å². The van der Waals surface area contributed by atoms with Crippen LogP contribution < -0.4 is 10.2 Å². The van der Waals surface area contributed by atoms with Gasteiger partial charge in [0.2, 0.25) is 0 Å². The number of nitrogens with zero attached hydrogens (tertiary/aromatic N) is 3. The molecule has 0 bridgehead atoms. The van der Waals surface area contributed by atoms with Crippen LogP contribution in [0, 0.1) is 5.82 Å². The molecule has 0 aliphatic rings. The Hall–Kier alpha value is -2.99. The monoisotopic (exact) mass is 370 g/mol. The van der Waals surface area contributed by atoms with Gasteiger partial charge in [0.05, 0.1) is 5.02 Å². The maximum atomic E-state index is 13.2. The van der Waals surface area contributed by atoms with Crippen LogP contribution in [0.1, 0.15) is 16.1 Å². The van der Waals surface area contributed by atoms with Crippen LogP contribution >= 0.6 is 11.6 Å². The summed E-state index contributed by atoms with van der Waals surface area (Å²) in [5, 5.41) is 2.58. The molecule has 5 nitrogen and oxygen atoms in total. The van der Waals surface area contributed by atoms with Crippen LogP contribution in [0.2, 0.25) is 5.02 Å². The van der Waals surface area contributed by atoms with Crippen LogP contribution in [0.3, 0.4) is 0 Å². The van der Waals surface area contributed by atoms with E-state index in [0.29, 0.717) is 18.1 Å². The van der Waals surface area contributed by atoms with Crippen LogP contribution in [0.15, 0.2) is 60.9 Å². The summed E-state index contributed by atoms with van der Waals surface area (Å²) in [4.78, 5) is 22.5. The Morgan fingerprint density at radius 3 is 2.65 bits per heavy atom. The van der Waals surface area contributed by atoms with Gasteiger partial charge in [-0.15, -0.1) is 0 Å². The predicted octanol–water partition coefficient (Wildman–Crippen LogP) is 4.16. The van der Waals surface area contributed by atoms with Gasteiger partial charge in [-0.05, 0) is 23.8 Å². The third-order valence-electron chi connectivity index (χ3n) is 3.72. The number of aromatic nitrogens is 2. The maximum absolute atomic E-state index is 13.2. The van der Waals surface area contributed by atoms with Crippen molar-refractivity contribution in [1.29, 1.82) is 0 Å². The molecule has 1 N–H and O–H groups in total. The van der Waals surface area contributed by atoms with Crippen molar-refractivity contribution in [3.63, 3.8) is 0 Å². The number of benzene rings is 2. The SMILES string of the molecule is CN(Cc1ccccc1)c1cc(C(=O)Nc2ccc(F)c(Cl)c2)ncn1. The predicted molar refractivity (Wildman–Crippen MR) is 99.9 cm³/mol. The highest BCUT2D eigenvalue weighted by atomic mass is 35.5. The molecule has 0 saturated carbocycles. The largest absolute Gasteiger partial charge is 0.355 e. The molecular formula is C19H16ClFN4O. The second kappa shape index (κ2) is 7.93. The lowest BCUT2D eigenvalue weighted by Gasteiger charge is -2.18. The molecule has 1 amide bonds. The zero-order valence-corrected chi connectivity index (χ0v) is 14.7. The molecule has 0 aliphatic carbocycles. The van der Waals surface area contributed by atoms with Crippen molar-refractivity contribution in [3.05, 3.63) is 83.0 Å². The number of hydrogen-bond acceptors (Lipinski definition) is 4. The molecule has 132 valence electrons. The van der Waals surface area contributed by atoms with Crippen molar-refractivity contribution in [2.75, 3.05) is 17.3 Å². The van der Waals surface area contributed by atoms with Gasteiger partial charge in [0.1, 0.15) is 23.7 Å². The summed E-state index contributed by atoms with van der Waals surface area (Å²) in [5.41, 5.74) is 1.72. The Balaban J connectivity index is 1.73. The van der Waals surface area contributed by atoms with Gasteiger partial charge in [0.15, 0.2) is 0 Å². The Bertz CT molecular complexity index is 920. The quantitative estimate of drug-likeness (QED) is 0.732. The smallest absolute Gasteiger partial charge is 0.274 e. The van der Waals surface area contributed by atoms with E-state index in [-0.39, 0.29) is 10.7 Å². The Kier molecular flexibility index (Phi) is 5.43. The molecule has 26 heavy (non-hydrogen) atoms. The first-order valence-corrected chi connectivity index (χ1v) is 8.24. The van der Waals surface area contributed by atoms with Crippen molar-refractivity contribution in [1.82, 2.24) is 9.97 Å². The fraction of sp³-hybridized carbons (Fsp3) is 0.105. The molecule has 1 aromatic heterocycles. The average Bonchev–Trinajstić information content (AvgIpc) is 2.65. The first-order valence-electron chi connectivity index (χ1n) is 7.86. The van der Waals surface area contributed by atoms with E-state index in [2.05, 4.69) is 15.3 Å². The molecule has 3 aromatic rings. The first-order chi connectivity index (χ1) is 12.5. The molecular weight excluding hydrogens is 355 g/mol. The number of carbonyl (C=O) groups excluding carboxylic acids is 1. The van der Waals surface area contributed by atoms with Gasteiger partial charge in [-0.1, -0.05) is 41.9 Å². The van der Waals surface area contributed by atoms with Crippen LogP contribution in [0.4, 0.5) is 15.9 Å².